The molecule has 3 N–H and O–H groups in total. The molecule has 0 unspecified atom stereocenters. The van der Waals surface area contributed by atoms with Crippen LogP contribution >= 0.6 is 23.8 Å². The predicted molar refractivity (Wildman–Crippen MR) is 91.4 cm³/mol. The molecule has 0 aliphatic heterocycles. The first kappa shape index (κ1) is 14.6. The molecule has 0 atom stereocenters. The van der Waals surface area contributed by atoms with Crippen molar-refractivity contribution in [2.24, 2.45) is 5.73 Å². The standard InChI is InChI=1S/C15H16ClN3S/c1-19(2)13-9-4-3-7-11(13)18-12-8-5-6-10(16)14(12)15(17)20/h3-9,18H,1-2H3,(H2,17,20). The molecular weight excluding hydrogens is 290 g/mol. The fourth-order valence-corrected chi connectivity index (χ4v) is 2.55. The van der Waals surface area contributed by atoms with E-state index in [4.69, 9.17) is 29.6 Å². The maximum absolute atomic E-state index is 6.18. The van der Waals surface area contributed by atoms with Crippen LogP contribution in [-0.2, 0) is 0 Å². The molecule has 2 aromatic carbocycles. The highest BCUT2D eigenvalue weighted by Gasteiger charge is 2.11. The van der Waals surface area contributed by atoms with Gasteiger partial charge in [0.1, 0.15) is 4.99 Å². The van der Waals surface area contributed by atoms with E-state index in [0.717, 1.165) is 17.1 Å². The fraction of sp³-hybridized carbons (Fsp3) is 0.133. The summed E-state index contributed by atoms with van der Waals surface area (Å²) in [6, 6.07) is 13.6. The van der Waals surface area contributed by atoms with Gasteiger partial charge in [-0.3, -0.25) is 0 Å². The summed E-state index contributed by atoms with van der Waals surface area (Å²) in [6.07, 6.45) is 0. The average Bonchev–Trinajstić information content (AvgIpc) is 2.38. The lowest BCUT2D eigenvalue weighted by atomic mass is 10.1. The molecule has 0 saturated heterocycles. The molecule has 0 aliphatic rings. The Morgan fingerprint density at radius 3 is 2.40 bits per heavy atom. The first-order chi connectivity index (χ1) is 9.50. The molecule has 0 fully saturated rings. The molecule has 0 spiro atoms. The van der Waals surface area contributed by atoms with Crippen LogP contribution in [0.5, 0.6) is 0 Å². The average molecular weight is 306 g/mol. The number of hydrogen-bond acceptors (Lipinski definition) is 3. The van der Waals surface area contributed by atoms with Gasteiger partial charge in [-0.25, -0.2) is 0 Å². The first-order valence-electron chi connectivity index (χ1n) is 6.12. The van der Waals surface area contributed by atoms with Crippen molar-refractivity contribution in [1.29, 1.82) is 0 Å². The Morgan fingerprint density at radius 2 is 1.75 bits per heavy atom. The molecule has 20 heavy (non-hydrogen) atoms. The van der Waals surface area contributed by atoms with E-state index in [1.54, 1.807) is 6.07 Å². The third-order valence-electron chi connectivity index (χ3n) is 2.92. The maximum atomic E-state index is 6.18. The number of thiocarbonyl (C=S) groups is 1. The Hall–Kier alpha value is -1.78. The molecule has 0 aliphatic carbocycles. The smallest absolute Gasteiger partial charge is 0.107 e. The zero-order valence-corrected chi connectivity index (χ0v) is 12.9. The summed E-state index contributed by atoms with van der Waals surface area (Å²) in [5.41, 5.74) is 9.27. The van der Waals surface area contributed by atoms with Crippen LogP contribution in [0.2, 0.25) is 5.02 Å². The van der Waals surface area contributed by atoms with E-state index in [2.05, 4.69) is 5.32 Å². The Morgan fingerprint density at radius 1 is 1.10 bits per heavy atom. The summed E-state index contributed by atoms with van der Waals surface area (Å²) in [6.45, 7) is 0. The van der Waals surface area contributed by atoms with E-state index in [9.17, 15) is 0 Å². The normalized spacial score (nSPS) is 10.2. The molecule has 104 valence electrons. The minimum atomic E-state index is 0.278. The number of para-hydroxylation sites is 2. The van der Waals surface area contributed by atoms with Gasteiger partial charge in [-0.05, 0) is 24.3 Å². The number of halogens is 1. The number of rotatable bonds is 4. The SMILES string of the molecule is CN(C)c1ccccc1Nc1cccc(Cl)c1C(N)=S. The molecule has 2 rings (SSSR count). The second-order valence-corrected chi connectivity index (χ2v) is 5.41. The van der Waals surface area contributed by atoms with Crippen LogP contribution in [0.1, 0.15) is 5.56 Å². The third-order valence-corrected chi connectivity index (χ3v) is 3.43. The van der Waals surface area contributed by atoms with E-state index in [1.807, 2.05) is 55.4 Å². The van der Waals surface area contributed by atoms with Gasteiger partial charge in [0.25, 0.3) is 0 Å². The molecule has 5 heteroatoms. The van der Waals surface area contributed by atoms with E-state index in [1.165, 1.54) is 0 Å². The minimum absolute atomic E-state index is 0.278. The topological polar surface area (TPSA) is 41.3 Å². The van der Waals surface area contributed by atoms with Crippen molar-refractivity contribution in [3.63, 3.8) is 0 Å². The van der Waals surface area contributed by atoms with Crippen LogP contribution in [0.3, 0.4) is 0 Å². The van der Waals surface area contributed by atoms with Crippen LogP contribution in [0.4, 0.5) is 17.1 Å². The molecule has 0 radical (unpaired) electrons. The number of hydrogen-bond donors (Lipinski definition) is 2. The Kier molecular flexibility index (Phi) is 4.47. The largest absolute Gasteiger partial charge is 0.389 e. The lowest BCUT2D eigenvalue weighted by molar-refractivity contribution is 1.13. The van der Waals surface area contributed by atoms with Crippen LogP contribution in [0.25, 0.3) is 0 Å². The molecule has 0 bridgehead atoms. The summed E-state index contributed by atoms with van der Waals surface area (Å²) >= 11 is 11.3. The lowest BCUT2D eigenvalue weighted by Gasteiger charge is -2.20. The summed E-state index contributed by atoms with van der Waals surface area (Å²) < 4.78 is 0. The third kappa shape index (κ3) is 3.03. The monoisotopic (exact) mass is 305 g/mol. The molecule has 0 aromatic heterocycles. The van der Waals surface area contributed by atoms with Gasteiger partial charge in [0.15, 0.2) is 0 Å². The highest BCUT2D eigenvalue weighted by atomic mass is 35.5. The van der Waals surface area contributed by atoms with Crippen LogP contribution in [0, 0.1) is 0 Å². The maximum Gasteiger partial charge on any atom is 0.107 e. The van der Waals surface area contributed by atoms with Crippen LogP contribution < -0.4 is 16.0 Å². The predicted octanol–water partition coefficient (Wildman–Crippen LogP) is 3.78. The molecule has 3 nitrogen and oxygen atoms in total. The van der Waals surface area contributed by atoms with Gasteiger partial charge in [-0.1, -0.05) is 42.0 Å². The summed E-state index contributed by atoms with van der Waals surface area (Å²) in [4.78, 5) is 2.31. The zero-order valence-electron chi connectivity index (χ0n) is 11.4. The van der Waals surface area contributed by atoms with Crippen molar-refractivity contribution in [3.05, 3.63) is 53.1 Å². The Labute approximate surface area is 129 Å². The molecule has 2 aromatic rings. The van der Waals surface area contributed by atoms with Crippen molar-refractivity contribution in [3.8, 4) is 0 Å². The van der Waals surface area contributed by atoms with Gasteiger partial charge in [-0.15, -0.1) is 0 Å². The fourth-order valence-electron chi connectivity index (χ4n) is 1.99. The summed E-state index contributed by atoms with van der Waals surface area (Å²) in [5, 5.41) is 3.90. The zero-order chi connectivity index (χ0) is 14.7. The summed E-state index contributed by atoms with van der Waals surface area (Å²) in [7, 11) is 3.99. The van der Waals surface area contributed by atoms with Crippen molar-refractivity contribution < 1.29 is 0 Å². The molecule has 0 heterocycles. The van der Waals surface area contributed by atoms with E-state index < -0.39 is 0 Å². The number of anilines is 3. The van der Waals surface area contributed by atoms with Crippen molar-refractivity contribution in [2.45, 2.75) is 0 Å². The number of benzene rings is 2. The van der Waals surface area contributed by atoms with E-state index in [-0.39, 0.29) is 4.99 Å². The van der Waals surface area contributed by atoms with Gasteiger partial charge in [0, 0.05) is 14.1 Å². The summed E-state index contributed by atoms with van der Waals surface area (Å²) in [5.74, 6) is 0. The number of nitrogens with two attached hydrogens (primary N) is 1. The van der Waals surface area contributed by atoms with Gasteiger partial charge in [-0.2, -0.15) is 0 Å². The van der Waals surface area contributed by atoms with Gasteiger partial charge >= 0.3 is 0 Å². The molecular formula is C15H16ClN3S. The number of nitrogens with zero attached hydrogens (tertiary/aromatic N) is 1. The molecule has 0 saturated carbocycles. The molecule has 0 amide bonds. The van der Waals surface area contributed by atoms with E-state index >= 15 is 0 Å². The van der Waals surface area contributed by atoms with Gasteiger partial charge < -0.3 is 16.0 Å². The number of nitrogens with one attached hydrogen (secondary N) is 1. The Balaban J connectivity index is 2.46. The highest BCUT2D eigenvalue weighted by molar-refractivity contribution is 7.80. The van der Waals surface area contributed by atoms with Crippen molar-refractivity contribution >= 4 is 45.9 Å². The van der Waals surface area contributed by atoms with Crippen LogP contribution in [-0.4, -0.2) is 19.1 Å². The second kappa shape index (κ2) is 6.11. The highest BCUT2D eigenvalue weighted by Crippen LogP contribution is 2.31. The van der Waals surface area contributed by atoms with Crippen molar-refractivity contribution in [2.75, 3.05) is 24.3 Å². The lowest BCUT2D eigenvalue weighted by Crippen LogP contribution is -2.14. The van der Waals surface area contributed by atoms with Crippen LogP contribution in [0.15, 0.2) is 42.5 Å². The first-order valence-corrected chi connectivity index (χ1v) is 6.91. The quantitative estimate of drug-likeness (QED) is 0.843. The van der Waals surface area contributed by atoms with Crippen molar-refractivity contribution in [1.82, 2.24) is 0 Å². The Bertz CT molecular complexity index is 641. The second-order valence-electron chi connectivity index (χ2n) is 4.56. The van der Waals surface area contributed by atoms with E-state index in [0.29, 0.717) is 10.6 Å². The van der Waals surface area contributed by atoms with Gasteiger partial charge in [0.2, 0.25) is 0 Å². The van der Waals surface area contributed by atoms with Gasteiger partial charge in [0.05, 0.1) is 27.6 Å². The minimum Gasteiger partial charge on any atom is -0.389 e.